The Balaban J connectivity index is 2.59. The molecule has 1 heterocycles. The maximum atomic E-state index is 10.8. The summed E-state index contributed by atoms with van der Waals surface area (Å²) in [7, 11) is 0. The van der Waals surface area contributed by atoms with Crippen LogP contribution >= 0.6 is 11.6 Å². The molecule has 11 heavy (non-hydrogen) atoms. The molecule has 1 saturated heterocycles. The lowest BCUT2D eigenvalue weighted by molar-refractivity contribution is -0.123. The summed E-state index contributed by atoms with van der Waals surface area (Å²) in [6.45, 7) is 0.386. The number of rotatable bonds is 2. The average Bonchev–Trinajstić information content (AvgIpc) is 2.26. The largest absolute Gasteiger partial charge is 0.291 e. The van der Waals surface area contributed by atoms with Crippen LogP contribution < -0.4 is 5.32 Å². The molecule has 4 nitrogen and oxygen atoms in total. The number of nitrogens with zero attached hydrogens (tertiary/aromatic N) is 1. The molecule has 0 atom stereocenters. The molecule has 60 valence electrons. The standard InChI is InChI=1S/C6H7ClN2O2/c7-1-2-8-4-3-5(10)9-6(4)11/h1-3H2,(H,9,10,11). The van der Waals surface area contributed by atoms with Crippen LogP contribution in [0.4, 0.5) is 0 Å². The van der Waals surface area contributed by atoms with Crippen LogP contribution in [-0.2, 0) is 9.59 Å². The summed E-state index contributed by atoms with van der Waals surface area (Å²) < 4.78 is 0. The topological polar surface area (TPSA) is 58.5 Å². The molecule has 5 heteroatoms. The lowest BCUT2D eigenvalue weighted by Gasteiger charge is -1.88. The number of imide groups is 1. The van der Waals surface area contributed by atoms with E-state index in [4.69, 9.17) is 11.6 Å². The Hall–Kier alpha value is -0.900. The summed E-state index contributed by atoms with van der Waals surface area (Å²) >= 11 is 5.34. The molecule has 1 aliphatic rings. The van der Waals surface area contributed by atoms with Crippen LogP contribution in [0, 0.1) is 0 Å². The Morgan fingerprint density at radius 1 is 1.55 bits per heavy atom. The quantitative estimate of drug-likeness (QED) is 0.462. The van der Waals surface area contributed by atoms with Gasteiger partial charge in [-0.15, -0.1) is 11.6 Å². The molecule has 1 fully saturated rings. The lowest BCUT2D eigenvalue weighted by atomic mass is 10.3. The van der Waals surface area contributed by atoms with E-state index in [9.17, 15) is 9.59 Å². The van der Waals surface area contributed by atoms with Crippen molar-refractivity contribution in [2.24, 2.45) is 4.99 Å². The summed E-state index contributed by atoms with van der Waals surface area (Å²) in [4.78, 5) is 25.2. The highest BCUT2D eigenvalue weighted by molar-refractivity contribution is 6.48. The predicted octanol–water partition coefficient (Wildman–Crippen LogP) is -0.287. The minimum Gasteiger partial charge on any atom is -0.291 e. The summed E-state index contributed by atoms with van der Waals surface area (Å²) in [5, 5.41) is 2.12. The number of hydrogen-bond acceptors (Lipinski definition) is 3. The minimum atomic E-state index is -0.389. The predicted molar refractivity (Wildman–Crippen MR) is 40.8 cm³/mol. The van der Waals surface area contributed by atoms with Crippen molar-refractivity contribution in [1.82, 2.24) is 5.32 Å². The number of carbonyl (C=O) groups excluding carboxylic acids is 2. The SMILES string of the molecule is O=C1CC(=NCCCl)C(=O)N1. The monoisotopic (exact) mass is 174 g/mol. The van der Waals surface area contributed by atoms with E-state index in [1.54, 1.807) is 0 Å². The summed E-state index contributed by atoms with van der Waals surface area (Å²) in [5.74, 6) is -0.311. The van der Waals surface area contributed by atoms with Gasteiger partial charge >= 0.3 is 0 Å². The van der Waals surface area contributed by atoms with Gasteiger partial charge in [0.05, 0.1) is 13.0 Å². The maximum Gasteiger partial charge on any atom is 0.272 e. The van der Waals surface area contributed by atoms with E-state index >= 15 is 0 Å². The van der Waals surface area contributed by atoms with E-state index in [0.717, 1.165) is 0 Å². The highest BCUT2D eigenvalue weighted by Gasteiger charge is 2.24. The minimum absolute atomic E-state index is 0.0930. The second-order valence-corrected chi connectivity index (χ2v) is 2.45. The van der Waals surface area contributed by atoms with Crippen LogP contribution in [0.5, 0.6) is 0 Å². The third-order valence-corrected chi connectivity index (χ3v) is 1.40. The van der Waals surface area contributed by atoms with Crippen LogP contribution in [0.1, 0.15) is 6.42 Å². The van der Waals surface area contributed by atoms with Crippen molar-refractivity contribution in [2.75, 3.05) is 12.4 Å². The van der Waals surface area contributed by atoms with E-state index in [2.05, 4.69) is 10.3 Å². The van der Waals surface area contributed by atoms with Crippen molar-refractivity contribution in [3.63, 3.8) is 0 Å². The van der Waals surface area contributed by atoms with Crippen LogP contribution in [-0.4, -0.2) is 30.0 Å². The number of carbonyl (C=O) groups is 2. The fourth-order valence-electron chi connectivity index (χ4n) is 0.780. The number of amides is 2. The summed E-state index contributed by atoms with van der Waals surface area (Å²) in [5.41, 5.74) is 0.288. The molecule has 0 aromatic carbocycles. The molecule has 2 amide bonds. The highest BCUT2D eigenvalue weighted by atomic mass is 35.5. The normalized spacial score (nSPS) is 21.0. The lowest BCUT2D eigenvalue weighted by Crippen LogP contribution is -2.22. The third kappa shape index (κ3) is 2.01. The molecule has 0 unspecified atom stereocenters. The first-order chi connectivity index (χ1) is 5.24. The molecule has 1 aliphatic heterocycles. The van der Waals surface area contributed by atoms with Gasteiger partial charge in [-0.1, -0.05) is 0 Å². The molecule has 0 aromatic rings. The van der Waals surface area contributed by atoms with Gasteiger partial charge in [-0.2, -0.15) is 0 Å². The van der Waals surface area contributed by atoms with Gasteiger partial charge in [-0.3, -0.25) is 19.9 Å². The first-order valence-electron chi connectivity index (χ1n) is 3.17. The molecular formula is C6H7ClN2O2. The van der Waals surface area contributed by atoms with Crippen molar-refractivity contribution < 1.29 is 9.59 Å². The van der Waals surface area contributed by atoms with E-state index in [-0.39, 0.29) is 23.9 Å². The van der Waals surface area contributed by atoms with Crippen LogP contribution in [0.15, 0.2) is 4.99 Å². The van der Waals surface area contributed by atoms with Gasteiger partial charge < -0.3 is 0 Å². The van der Waals surface area contributed by atoms with E-state index in [0.29, 0.717) is 12.4 Å². The zero-order chi connectivity index (χ0) is 8.27. The first-order valence-corrected chi connectivity index (χ1v) is 3.71. The van der Waals surface area contributed by atoms with Gasteiger partial charge in [0.2, 0.25) is 5.91 Å². The maximum absolute atomic E-state index is 10.8. The van der Waals surface area contributed by atoms with Gasteiger partial charge in [-0.25, -0.2) is 0 Å². The third-order valence-electron chi connectivity index (χ3n) is 1.23. The van der Waals surface area contributed by atoms with Crippen molar-refractivity contribution in [3.05, 3.63) is 0 Å². The first kappa shape index (κ1) is 8.20. The van der Waals surface area contributed by atoms with Gasteiger partial charge in [0.25, 0.3) is 5.91 Å². The van der Waals surface area contributed by atoms with Gasteiger partial charge in [0, 0.05) is 5.88 Å². The molecule has 1 N–H and O–H groups in total. The van der Waals surface area contributed by atoms with Gasteiger partial charge in [0.1, 0.15) is 5.71 Å². The molecule has 0 bridgehead atoms. The smallest absolute Gasteiger partial charge is 0.272 e. The Bertz CT molecular complexity index is 225. The van der Waals surface area contributed by atoms with E-state index in [1.807, 2.05) is 0 Å². The molecular weight excluding hydrogens is 168 g/mol. The van der Waals surface area contributed by atoms with Crippen molar-refractivity contribution in [3.8, 4) is 0 Å². The highest BCUT2D eigenvalue weighted by Crippen LogP contribution is 1.97. The molecule has 0 spiro atoms. The van der Waals surface area contributed by atoms with Crippen LogP contribution in [0.25, 0.3) is 0 Å². The number of hydrogen-bond donors (Lipinski definition) is 1. The molecule has 0 saturated carbocycles. The zero-order valence-corrected chi connectivity index (χ0v) is 6.52. The Morgan fingerprint density at radius 3 is 2.73 bits per heavy atom. The van der Waals surface area contributed by atoms with E-state index < -0.39 is 0 Å². The summed E-state index contributed by atoms with van der Waals surface area (Å²) in [6.07, 6.45) is 0.0930. The molecule has 0 aromatic heterocycles. The zero-order valence-electron chi connectivity index (χ0n) is 5.76. The fraction of sp³-hybridized carbons (Fsp3) is 0.500. The Kier molecular flexibility index (Phi) is 2.59. The number of alkyl halides is 1. The van der Waals surface area contributed by atoms with E-state index in [1.165, 1.54) is 0 Å². The van der Waals surface area contributed by atoms with Crippen LogP contribution in [0.2, 0.25) is 0 Å². The Morgan fingerprint density at radius 2 is 2.27 bits per heavy atom. The molecule has 0 aliphatic carbocycles. The summed E-state index contributed by atoms with van der Waals surface area (Å²) in [6, 6.07) is 0. The molecule has 1 rings (SSSR count). The van der Waals surface area contributed by atoms with Gasteiger partial charge in [0.15, 0.2) is 0 Å². The number of aliphatic imine (C=N–C) groups is 1. The number of halogens is 1. The second-order valence-electron chi connectivity index (χ2n) is 2.07. The Labute approximate surface area is 68.6 Å². The van der Waals surface area contributed by atoms with Crippen molar-refractivity contribution in [1.29, 1.82) is 0 Å². The van der Waals surface area contributed by atoms with Crippen molar-refractivity contribution in [2.45, 2.75) is 6.42 Å². The van der Waals surface area contributed by atoms with Crippen molar-refractivity contribution >= 4 is 29.1 Å². The average molecular weight is 175 g/mol. The molecule has 0 radical (unpaired) electrons. The van der Waals surface area contributed by atoms with Gasteiger partial charge in [-0.05, 0) is 0 Å². The van der Waals surface area contributed by atoms with Crippen LogP contribution in [0.3, 0.4) is 0 Å². The fourth-order valence-corrected chi connectivity index (χ4v) is 0.865. The second kappa shape index (κ2) is 3.48. The number of nitrogens with one attached hydrogen (secondary N) is 1.